The van der Waals surface area contributed by atoms with Crippen LogP contribution < -0.4 is 5.32 Å². The van der Waals surface area contributed by atoms with E-state index in [0.29, 0.717) is 23.7 Å². The Morgan fingerprint density at radius 1 is 1.19 bits per heavy atom. The summed E-state index contributed by atoms with van der Waals surface area (Å²) in [7, 11) is 0. The van der Waals surface area contributed by atoms with Crippen LogP contribution in [0.25, 0.3) is 0 Å². The summed E-state index contributed by atoms with van der Waals surface area (Å²) in [6.45, 7) is 7.97. The molecule has 1 saturated heterocycles. The standard InChI is InChI=1S/C14H27NO/c1-4-14(6-5-7-14)10-15-13-8-11(2)16-12(3)9-13/h11-13,15H,4-10H2,1-3H3. The van der Waals surface area contributed by atoms with Gasteiger partial charge in [0.05, 0.1) is 12.2 Å². The Hall–Kier alpha value is -0.0800. The maximum absolute atomic E-state index is 5.77. The van der Waals surface area contributed by atoms with E-state index < -0.39 is 0 Å². The van der Waals surface area contributed by atoms with Crippen molar-refractivity contribution in [1.82, 2.24) is 5.32 Å². The van der Waals surface area contributed by atoms with E-state index >= 15 is 0 Å². The van der Waals surface area contributed by atoms with Crippen molar-refractivity contribution >= 4 is 0 Å². The maximum Gasteiger partial charge on any atom is 0.0565 e. The fraction of sp³-hybridized carbons (Fsp3) is 1.00. The fourth-order valence-electron chi connectivity index (χ4n) is 3.26. The smallest absolute Gasteiger partial charge is 0.0565 e. The predicted octanol–water partition coefficient (Wildman–Crippen LogP) is 3.11. The summed E-state index contributed by atoms with van der Waals surface area (Å²) < 4.78 is 5.77. The topological polar surface area (TPSA) is 21.3 Å². The first-order chi connectivity index (χ1) is 7.63. The average Bonchev–Trinajstić information content (AvgIpc) is 2.15. The summed E-state index contributed by atoms with van der Waals surface area (Å²) in [4.78, 5) is 0. The molecule has 0 spiro atoms. The molecule has 16 heavy (non-hydrogen) atoms. The Labute approximate surface area is 100 Å². The molecule has 1 N–H and O–H groups in total. The number of nitrogens with one attached hydrogen (secondary N) is 1. The van der Waals surface area contributed by atoms with Gasteiger partial charge >= 0.3 is 0 Å². The summed E-state index contributed by atoms with van der Waals surface area (Å²) in [5, 5.41) is 3.80. The van der Waals surface area contributed by atoms with Gasteiger partial charge in [0.25, 0.3) is 0 Å². The maximum atomic E-state index is 5.77. The Morgan fingerprint density at radius 3 is 2.25 bits per heavy atom. The van der Waals surface area contributed by atoms with Crippen molar-refractivity contribution in [3.8, 4) is 0 Å². The Morgan fingerprint density at radius 2 is 1.81 bits per heavy atom. The zero-order valence-electron chi connectivity index (χ0n) is 11.1. The summed E-state index contributed by atoms with van der Waals surface area (Å²) in [6.07, 6.45) is 8.88. The molecule has 0 aromatic heterocycles. The van der Waals surface area contributed by atoms with Gasteiger partial charge in [0, 0.05) is 12.6 Å². The van der Waals surface area contributed by atoms with Gasteiger partial charge in [0.15, 0.2) is 0 Å². The number of hydrogen-bond donors (Lipinski definition) is 1. The van der Waals surface area contributed by atoms with Crippen molar-refractivity contribution in [2.24, 2.45) is 5.41 Å². The van der Waals surface area contributed by atoms with E-state index in [4.69, 9.17) is 4.74 Å². The molecule has 0 radical (unpaired) electrons. The Kier molecular flexibility index (Phi) is 3.91. The second-order valence-corrected chi connectivity index (χ2v) is 6.01. The molecule has 94 valence electrons. The van der Waals surface area contributed by atoms with Gasteiger partial charge in [0.2, 0.25) is 0 Å². The molecule has 1 heterocycles. The SMILES string of the molecule is CCC1(CNC2CC(C)OC(C)C2)CCC1. The van der Waals surface area contributed by atoms with Crippen LogP contribution in [0.1, 0.15) is 59.3 Å². The molecule has 2 nitrogen and oxygen atoms in total. The monoisotopic (exact) mass is 225 g/mol. The van der Waals surface area contributed by atoms with Crippen molar-refractivity contribution < 1.29 is 4.74 Å². The van der Waals surface area contributed by atoms with Crippen molar-refractivity contribution in [2.45, 2.75) is 77.5 Å². The van der Waals surface area contributed by atoms with Crippen LogP contribution in [0.3, 0.4) is 0 Å². The third kappa shape index (κ3) is 2.78. The summed E-state index contributed by atoms with van der Waals surface area (Å²) in [6, 6.07) is 0.683. The molecule has 1 saturated carbocycles. The third-order valence-corrected chi connectivity index (χ3v) is 4.63. The van der Waals surface area contributed by atoms with E-state index in [9.17, 15) is 0 Å². The van der Waals surface area contributed by atoms with Crippen molar-refractivity contribution in [2.75, 3.05) is 6.54 Å². The highest BCUT2D eigenvalue weighted by Crippen LogP contribution is 2.43. The van der Waals surface area contributed by atoms with E-state index in [2.05, 4.69) is 26.1 Å². The van der Waals surface area contributed by atoms with Crippen molar-refractivity contribution in [3.05, 3.63) is 0 Å². The molecule has 1 aliphatic carbocycles. The van der Waals surface area contributed by atoms with Gasteiger partial charge in [-0.25, -0.2) is 0 Å². The Balaban J connectivity index is 1.76. The van der Waals surface area contributed by atoms with Gasteiger partial charge in [-0.3, -0.25) is 0 Å². The largest absolute Gasteiger partial charge is 0.375 e. The van der Waals surface area contributed by atoms with Gasteiger partial charge in [-0.05, 0) is 51.4 Å². The molecule has 2 rings (SSSR count). The highest BCUT2D eigenvalue weighted by Gasteiger charge is 2.35. The first kappa shape index (κ1) is 12.4. The van der Waals surface area contributed by atoms with Gasteiger partial charge in [-0.1, -0.05) is 13.3 Å². The first-order valence-electron chi connectivity index (χ1n) is 7.02. The molecule has 2 atom stereocenters. The van der Waals surface area contributed by atoms with Gasteiger partial charge < -0.3 is 10.1 Å². The van der Waals surface area contributed by atoms with Crippen LogP contribution in [0.5, 0.6) is 0 Å². The summed E-state index contributed by atoms with van der Waals surface area (Å²) in [5.74, 6) is 0. The number of ether oxygens (including phenoxy) is 1. The molecule has 0 aromatic rings. The highest BCUT2D eigenvalue weighted by atomic mass is 16.5. The fourth-order valence-corrected chi connectivity index (χ4v) is 3.26. The van der Waals surface area contributed by atoms with Crippen LogP contribution in [0.15, 0.2) is 0 Å². The number of rotatable bonds is 4. The molecule has 2 aliphatic rings. The molecule has 1 aliphatic heterocycles. The van der Waals surface area contributed by atoms with Crippen LogP contribution in [-0.4, -0.2) is 24.8 Å². The van der Waals surface area contributed by atoms with Crippen molar-refractivity contribution in [3.63, 3.8) is 0 Å². The third-order valence-electron chi connectivity index (χ3n) is 4.63. The molecule has 0 amide bonds. The molecule has 0 bridgehead atoms. The lowest BCUT2D eigenvalue weighted by atomic mass is 9.67. The molecule has 2 unspecified atom stereocenters. The van der Waals surface area contributed by atoms with E-state index in [1.54, 1.807) is 0 Å². The average molecular weight is 225 g/mol. The molecular weight excluding hydrogens is 198 g/mol. The van der Waals surface area contributed by atoms with E-state index in [0.717, 1.165) is 0 Å². The minimum atomic E-state index is 0.431. The zero-order valence-corrected chi connectivity index (χ0v) is 11.1. The summed E-state index contributed by atoms with van der Waals surface area (Å²) in [5.41, 5.74) is 0.644. The Bertz CT molecular complexity index is 209. The van der Waals surface area contributed by atoms with Crippen molar-refractivity contribution in [1.29, 1.82) is 0 Å². The van der Waals surface area contributed by atoms with Crippen LogP contribution in [0, 0.1) is 5.41 Å². The highest BCUT2D eigenvalue weighted by molar-refractivity contribution is 4.90. The molecule has 2 heteroatoms. The van der Waals surface area contributed by atoms with Gasteiger partial charge in [0.1, 0.15) is 0 Å². The molecular formula is C14H27NO. The van der Waals surface area contributed by atoms with Gasteiger partial charge in [-0.2, -0.15) is 0 Å². The van der Waals surface area contributed by atoms with Crippen LogP contribution >= 0.6 is 0 Å². The first-order valence-corrected chi connectivity index (χ1v) is 7.02. The normalized spacial score (nSPS) is 38.1. The second-order valence-electron chi connectivity index (χ2n) is 6.01. The van der Waals surface area contributed by atoms with E-state index in [-0.39, 0.29) is 0 Å². The van der Waals surface area contributed by atoms with Gasteiger partial charge in [-0.15, -0.1) is 0 Å². The molecule has 0 aromatic carbocycles. The van der Waals surface area contributed by atoms with Crippen LogP contribution in [0.4, 0.5) is 0 Å². The lowest BCUT2D eigenvalue weighted by molar-refractivity contribution is -0.0447. The van der Waals surface area contributed by atoms with Crippen LogP contribution in [-0.2, 0) is 4.74 Å². The van der Waals surface area contributed by atoms with Crippen LogP contribution in [0.2, 0.25) is 0 Å². The van der Waals surface area contributed by atoms with E-state index in [1.165, 1.54) is 45.1 Å². The second kappa shape index (κ2) is 5.05. The summed E-state index contributed by atoms with van der Waals surface area (Å²) >= 11 is 0. The lowest BCUT2D eigenvalue weighted by Gasteiger charge is -2.43. The quantitative estimate of drug-likeness (QED) is 0.794. The number of hydrogen-bond acceptors (Lipinski definition) is 2. The lowest BCUT2D eigenvalue weighted by Crippen LogP contribution is -2.47. The van der Waals surface area contributed by atoms with E-state index in [1.807, 2.05) is 0 Å². The predicted molar refractivity (Wildman–Crippen MR) is 67.6 cm³/mol. The molecule has 2 fully saturated rings. The minimum Gasteiger partial charge on any atom is -0.375 e. The minimum absolute atomic E-state index is 0.431. The zero-order chi connectivity index (χ0) is 11.6.